The van der Waals surface area contributed by atoms with E-state index in [1.54, 1.807) is 28.8 Å². The molecule has 0 bridgehead atoms. The van der Waals surface area contributed by atoms with Gasteiger partial charge in [0.1, 0.15) is 5.82 Å². The minimum atomic E-state index is -3.58. The molecule has 0 saturated carbocycles. The van der Waals surface area contributed by atoms with Gasteiger partial charge in [0.15, 0.2) is 5.82 Å². The van der Waals surface area contributed by atoms with Crippen LogP contribution >= 0.6 is 27.3 Å². The number of hydrogen-bond donors (Lipinski definition) is 1. The average molecular weight is 481 g/mol. The van der Waals surface area contributed by atoms with Gasteiger partial charge in [0.05, 0.1) is 10.6 Å². The fraction of sp³-hybridized carbons (Fsp3) is 0.111. The van der Waals surface area contributed by atoms with Crippen LogP contribution < -0.4 is 4.72 Å². The van der Waals surface area contributed by atoms with Gasteiger partial charge < -0.3 is 0 Å². The second-order valence-electron chi connectivity index (χ2n) is 5.97. The fourth-order valence-electron chi connectivity index (χ4n) is 2.66. The molecule has 0 aliphatic rings. The molecule has 28 heavy (non-hydrogen) atoms. The van der Waals surface area contributed by atoms with Crippen LogP contribution in [0.4, 0.5) is 4.39 Å². The first-order valence-electron chi connectivity index (χ1n) is 8.27. The first-order chi connectivity index (χ1) is 13.4. The molecule has 2 heterocycles. The Morgan fingerprint density at radius 2 is 1.96 bits per heavy atom. The third-order valence-corrected chi connectivity index (χ3v) is 6.90. The molecule has 0 aliphatic heterocycles. The predicted molar refractivity (Wildman–Crippen MR) is 109 cm³/mol. The Kier molecular flexibility index (Phi) is 5.28. The van der Waals surface area contributed by atoms with Gasteiger partial charge in [-0.15, -0.1) is 16.4 Å². The Bertz CT molecular complexity index is 1240. The highest BCUT2D eigenvalue weighted by Gasteiger charge is 2.15. The highest BCUT2D eigenvalue weighted by Crippen LogP contribution is 2.22. The Morgan fingerprint density at radius 1 is 1.18 bits per heavy atom. The minimum absolute atomic E-state index is 0.209. The van der Waals surface area contributed by atoms with Crippen LogP contribution in [0.25, 0.3) is 16.3 Å². The van der Waals surface area contributed by atoms with Crippen LogP contribution in [0.15, 0.2) is 63.3 Å². The van der Waals surface area contributed by atoms with E-state index in [4.69, 9.17) is 0 Å². The molecule has 0 fully saturated rings. The van der Waals surface area contributed by atoms with Gasteiger partial charge in [0.2, 0.25) is 15.0 Å². The van der Waals surface area contributed by atoms with Crippen molar-refractivity contribution < 1.29 is 12.8 Å². The van der Waals surface area contributed by atoms with E-state index in [-0.39, 0.29) is 17.3 Å². The molecule has 0 amide bonds. The lowest BCUT2D eigenvalue weighted by Crippen LogP contribution is -2.26. The number of nitrogens with zero attached hydrogens (tertiary/aromatic N) is 3. The molecule has 0 aliphatic carbocycles. The van der Waals surface area contributed by atoms with E-state index in [9.17, 15) is 12.8 Å². The highest BCUT2D eigenvalue weighted by molar-refractivity contribution is 9.10. The monoisotopic (exact) mass is 480 g/mol. The molecule has 0 unspecified atom stereocenters. The van der Waals surface area contributed by atoms with Crippen molar-refractivity contribution in [2.75, 3.05) is 6.54 Å². The maximum atomic E-state index is 13.4. The summed E-state index contributed by atoms with van der Waals surface area (Å²) in [6.07, 6.45) is 0.446. The second kappa shape index (κ2) is 7.70. The van der Waals surface area contributed by atoms with Crippen molar-refractivity contribution in [3.8, 4) is 11.4 Å². The normalized spacial score (nSPS) is 11.9. The molecular formula is C18H14BrFN4O2S2. The van der Waals surface area contributed by atoms with Gasteiger partial charge in [-0.1, -0.05) is 28.1 Å². The number of halogens is 2. The third-order valence-electron chi connectivity index (χ3n) is 4.03. The number of nitrogens with one attached hydrogen (secondary N) is 1. The number of thiazole rings is 1. The molecule has 2 aromatic heterocycles. The van der Waals surface area contributed by atoms with E-state index in [0.29, 0.717) is 22.8 Å². The molecule has 0 spiro atoms. The van der Waals surface area contributed by atoms with Gasteiger partial charge in [0, 0.05) is 28.4 Å². The van der Waals surface area contributed by atoms with Crippen LogP contribution in [0.2, 0.25) is 0 Å². The largest absolute Gasteiger partial charge is 0.240 e. The summed E-state index contributed by atoms with van der Waals surface area (Å²) in [4.78, 5) is 5.30. The molecule has 1 N–H and O–H groups in total. The van der Waals surface area contributed by atoms with Crippen LogP contribution in [0.3, 0.4) is 0 Å². The molecule has 0 saturated heterocycles. The Labute approximate surface area is 173 Å². The molecule has 2 aromatic carbocycles. The van der Waals surface area contributed by atoms with E-state index in [1.807, 2.05) is 5.38 Å². The number of aromatic nitrogens is 3. The molecule has 10 heteroatoms. The van der Waals surface area contributed by atoms with Crippen LogP contribution in [0, 0.1) is 5.82 Å². The topological polar surface area (TPSA) is 76.4 Å². The molecule has 144 valence electrons. The van der Waals surface area contributed by atoms with Gasteiger partial charge in [-0.3, -0.25) is 0 Å². The predicted octanol–water partition coefficient (Wildman–Crippen LogP) is 3.88. The van der Waals surface area contributed by atoms with Gasteiger partial charge in [0.25, 0.3) is 0 Å². The summed E-state index contributed by atoms with van der Waals surface area (Å²) in [5.74, 6) is 0.0845. The summed E-state index contributed by atoms with van der Waals surface area (Å²) in [6, 6.07) is 12.5. The van der Waals surface area contributed by atoms with E-state index < -0.39 is 10.0 Å². The van der Waals surface area contributed by atoms with Gasteiger partial charge in [-0.05, 0) is 36.4 Å². The van der Waals surface area contributed by atoms with Crippen LogP contribution in [0.1, 0.15) is 5.69 Å². The number of benzene rings is 2. The third kappa shape index (κ3) is 4.00. The summed E-state index contributed by atoms with van der Waals surface area (Å²) < 4.78 is 43.2. The minimum Gasteiger partial charge on any atom is -0.211 e. The quantitative estimate of drug-likeness (QED) is 0.454. The average Bonchev–Trinajstić information content (AvgIpc) is 3.24. The lowest BCUT2D eigenvalue weighted by molar-refractivity contribution is 0.581. The Balaban J connectivity index is 1.49. The highest BCUT2D eigenvalue weighted by atomic mass is 79.9. The molecule has 0 radical (unpaired) electrons. The fourth-order valence-corrected chi connectivity index (χ4v) is 4.81. The van der Waals surface area contributed by atoms with Crippen molar-refractivity contribution in [1.29, 1.82) is 0 Å². The molecule has 4 aromatic rings. The maximum absolute atomic E-state index is 13.4. The first-order valence-corrected chi connectivity index (χ1v) is 11.4. The smallest absolute Gasteiger partial charge is 0.211 e. The standard InChI is InChI=1S/C18H14BrFN4O2S2/c19-13-4-6-16(7-5-13)28(25,26)21-9-8-15-11-27-18-22-17(23-24(15)18)12-2-1-3-14(20)10-12/h1-7,10-11,21H,8-9H2. The van der Waals surface area contributed by atoms with E-state index in [2.05, 4.69) is 30.7 Å². The zero-order valence-electron chi connectivity index (χ0n) is 14.3. The maximum Gasteiger partial charge on any atom is 0.240 e. The van der Waals surface area contributed by atoms with Gasteiger partial charge in [-0.25, -0.2) is 22.0 Å². The van der Waals surface area contributed by atoms with Crippen molar-refractivity contribution in [2.24, 2.45) is 0 Å². The first kappa shape index (κ1) is 19.2. The van der Waals surface area contributed by atoms with Crippen LogP contribution in [-0.4, -0.2) is 29.6 Å². The van der Waals surface area contributed by atoms with E-state index in [0.717, 1.165) is 10.2 Å². The number of fused-ring (bicyclic) bond motifs is 1. The lowest BCUT2D eigenvalue weighted by Gasteiger charge is -2.06. The van der Waals surface area contributed by atoms with Gasteiger partial charge >= 0.3 is 0 Å². The lowest BCUT2D eigenvalue weighted by atomic mass is 10.2. The van der Waals surface area contributed by atoms with Crippen molar-refractivity contribution >= 4 is 42.3 Å². The summed E-state index contributed by atoms with van der Waals surface area (Å²) in [6.45, 7) is 0.222. The van der Waals surface area contributed by atoms with Crippen molar-refractivity contribution in [2.45, 2.75) is 11.3 Å². The van der Waals surface area contributed by atoms with Crippen molar-refractivity contribution in [1.82, 2.24) is 19.3 Å². The van der Waals surface area contributed by atoms with Gasteiger partial charge in [-0.2, -0.15) is 4.98 Å². The summed E-state index contributed by atoms with van der Waals surface area (Å²) in [5, 5.41) is 6.32. The number of rotatable bonds is 6. The van der Waals surface area contributed by atoms with Crippen LogP contribution in [0.5, 0.6) is 0 Å². The van der Waals surface area contributed by atoms with Crippen molar-refractivity contribution in [3.63, 3.8) is 0 Å². The van der Waals surface area contributed by atoms with E-state index in [1.165, 1.54) is 35.6 Å². The summed E-state index contributed by atoms with van der Waals surface area (Å²) in [5.41, 5.74) is 1.42. The van der Waals surface area contributed by atoms with E-state index >= 15 is 0 Å². The SMILES string of the molecule is O=S(=O)(NCCc1csc2nc(-c3cccc(F)c3)nn12)c1ccc(Br)cc1. The van der Waals surface area contributed by atoms with Crippen LogP contribution in [-0.2, 0) is 16.4 Å². The molecule has 6 nitrogen and oxygen atoms in total. The van der Waals surface area contributed by atoms with Crippen molar-refractivity contribution in [3.05, 3.63) is 69.9 Å². The zero-order chi connectivity index (χ0) is 19.7. The summed E-state index contributed by atoms with van der Waals surface area (Å²) >= 11 is 4.69. The Morgan fingerprint density at radius 3 is 2.71 bits per heavy atom. The Hall–Kier alpha value is -2.14. The molecular weight excluding hydrogens is 467 g/mol. The summed E-state index contributed by atoms with van der Waals surface area (Å²) in [7, 11) is -3.58. The molecule has 0 atom stereocenters. The second-order valence-corrected chi connectivity index (χ2v) is 9.49. The molecule has 4 rings (SSSR count). The zero-order valence-corrected chi connectivity index (χ0v) is 17.6. The number of hydrogen-bond acceptors (Lipinski definition) is 5. The number of sulfonamides is 1.